The zero-order chi connectivity index (χ0) is 16.5. The number of rotatable bonds is 3. The molecule has 0 saturated carbocycles. The van der Waals surface area contributed by atoms with Gasteiger partial charge < -0.3 is 14.6 Å². The van der Waals surface area contributed by atoms with E-state index in [0.29, 0.717) is 6.61 Å². The first-order chi connectivity index (χ1) is 11.7. The summed E-state index contributed by atoms with van der Waals surface area (Å²) in [7, 11) is 0. The molecule has 2 aromatic carbocycles. The molecule has 1 N–H and O–H groups in total. The molecule has 0 saturated heterocycles. The Hall–Kier alpha value is -2.75. The van der Waals surface area contributed by atoms with Crippen molar-refractivity contribution in [3.8, 4) is 5.75 Å². The Kier molecular flexibility index (Phi) is 3.73. The molecule has 0 bridgehead atoms. The lowest BCUT2D eigenvalue weighted by molar-refractivity contribution is -0.121. The van der Waals surface area contributed by atoms with E-state index >= 15 is 0 Å². The SMILES string of the molecule is CCn1ccc2cc(NC(=O)C3COc4ccccc4C3)ccc21. The highest BCUT2D eigenvalue weighted by atomic mass is 16.5. The molecular weight excluding hydrogens is 300 g/mol. The molecular formula is C20H20N2O2. The number of amides is 1. The Morgan fingerprint density at radius 1 is 1.25 bits per heavy atom. The molecule has 0 aliphatic carbocycles. The highest BCUT2D eigenvalue weighted by Crippen LogP contribution is 2.28. The third-order valence-corrected chi connectivity index (χ3v) is 4.63. The number of nitrogens with zero attached hydrogens (tertiary/aromatic N) is 1. The highest BCUT2D eigenvalue weighted by Gasteiger charge is 2.25. The van der Waals surface area contributed by atoms with Gasteiger partial charge in [-0.05, 0) is 49.2 Å². The van der Waals surface area contributed by atoms with Gasteiger partial charge in [-0.3, -0.25) is 4.79 Å². The minimum absolute atomic E-state index is 0.0128. The summed E-state index contributed by atoms with van der Waals surface area (Å²) in [6.07, 6.45) is 2.79. The first kappa shape index (κ1) is 14.8. The fourth-order valence-corrected chi connectivity index (χ4v) is 3.29. The van der Waals surface area contributed by atoms with Gasteiger partial charge >= 0.3 is 0 Å². The summed E-state index contributed by atoms with van der Waals surface area (Å²) in [5.41, 5.74) is 3.12. The molecule has 0 fully saturated rings. The molecule has 1 aromatic heterocycles. The molecule has 4 heteroatoms. The van der Waals surface area contributed by atoms with Gasteiger partial charge in [0.25, 0.3) is 0 Å². The van der Waals surface area contributed by atoms with Gasteiger partial charge in [0, 0.05) is 29.3 Å². The lowest BCUT2D eigenvalue weighted by Gasteiger charge is -2.24. The molecule has 1 unspecified atom stereocenters. The standard InChI is InChI=1S/C20H20N2O2/c1-2-22-10-9-14-12-17(7-8-18(14)22)21-20(23)16-11-15-5-3-4-6-19(15)24-13-16/h3-10,12,16H,2,11,13H2,1H3,(H,21,23). The van der Waals surface area contributed by atoms with E-state index in [4.69, 9.17) is 4.74 Å². The van der Waals surface area contributed by atoms with E-state index in [9.17, 15) is 4.79 Å². The van der Waals surface area contributed by atoms with Crippen LogP contribution in [0.3, 0.4) is 0 Å². The van der Waals surface area contributed by atoms with E-state index in [-0.39, 0.29) is 11.8 Å². The van der Waals surface area contributed by atoms with Gasteiger partial charge in [0.1, 0.15) is 12.4 Å². The van der Waals surface area contributed by atoms with Crippen LogP contribution in [0.25, 0.3) is 10.9 Å². The van der Waals surface area contributed by atoms with Crippen molar-refractivity contribution < 1.29 is 9.53 Å². The zero-order valence-corrected chi connectivity index (χ0v) is 13.7. The quantitative estimate of drug-likeness (QED) is 0.796. The van der Waals surface area contributed by atoms with Gasteiger partial charge in [-0.2, -0.15) is 0 Å². The average molecular weight is 320 g/mol. The number of hydrogen-bond donors (Lipinski definition) is 1. The van der Waals surface area contributed by atoms with Crippen LogP contribution in [0, 0.1) is 5.92 Å². The van der Waals surface area contributed by atoms with Crippen LogP contribution in [0.5, 0.6) is 5.75 Å². The Morgan fingerprint density at radius 2 is 2.12 bits per heavy atom. The summed E-state index contributed by atoms with van der Waals surface area (Å²) in [6.45, 7) is 3.49. The van der Waals surface area contributed by atoms with Crippen LogP contribution < -0.4 is 10.1 Å². The normalized spacial score (nSPS) is 16.5. The molecule has 1 aliphatic rings. The first-order valence-corrected chi connectivity index (χ1v) is 8.35. The van der Waals surface area contributed by atoms with E-state index < -0.39 is 0 Å². The number of ether oxygens (including phenoxy) is 1. The van der Waals surface area contributed by atoms with Crippen molar-refractivity contribution in [3.63, 3.8) is 0 Å². The summed E-state index contributed by atoms with van der Waals surface area (Å²) in [5.74, 6) is 0.749. The second kappa shape index (κ2) is 6.04. The van der Waals surface area contributed by atoms with Crippen LogP contribution >= 0.6 is 0 Å². The van der Waals surface area contributed by atoms with Gasteiger partial charge in [-0.15, -0.1) is 0 Å². The number of hydrogen-bond acceptors (Lipinski definition) is 2. The lowest BCUT2D eigenvalue weighted by Crippen LogP contribution is -2.32. The number of nitrogens with one attached hydrogen (secondary N) is 1. The van der Waals surface area contributed by atoms with Crippen molar-refractivity contribution >= 4 is 22.5 Å². The van der Waals surface area contributed by atoms with Gasteiger partial charge in [-0.1, -0.05) is 18.2 Å². The Bertz CT molecular complexity index is 898. The van der Waals surface area contributed by atoms with Crippen molar-refractivity contribution in [2.75, 3.05) is 11.9 Å². The summed E-state index contributed by atoms with van der Waals surface area (Å²) in [6, 6.07) is 16.0. The maximum absolute atomic E-state index is 12.6. The molecule has 1 atom stereocenters. The number of fused-ring (bicyclic) bond motifs is 2. The second-order valence-corrected chi connectivity index (χ2v) is 6.18. The Morgan fingerprint density at radius 3 is 3.00 bits per heavy atom. The number of aromatic nitrogens is 1. The van der Waals surface area contributed by atoms with E-state index in [1.807, 2.05) is 36.4 Å². The van der Waals surface area contributed by atoms with Crippen LogP contribution in [-0.4, -0.2) is 17.1 Å². The van der Waals surface area contributed by atoms with Crippen LogP contribution in [-0.2, 0) is 17.8 Å². The maximum Gasteiger partial charge on any atom is 0.231 e. The number of anilines is 1. The third kappa shape index (κ3) is 2.64. The summed E-state index contributed by atoms with van der Waals surface area (Å²) in [5, 5.41) is 4.17. The monoisotopic (exact) mass is 320 g/mol. The van der Waals surface area contributed by atoms with Gasteiger partial charge in [0.05, 0.1) is 5.92 Å². The van der Waals surface area contributed by atoms with E-state index in [1.54, 1.807) is 0 Å². The van der Waals surface area contributed by atoms with Gasteiger partial charge in [0.2, 0.25) is 5.91 Å². The molecule has 2 heterocycles. The second-order valence-electron chi connectivity index (χ2n) is 6.18. The minimum atomic E-state index is -0.157. The largest absolute Gasteiger partial charge is 0.492 e. The first-order valence-electron chi connectivity index (χ1n) is 8.35. The number of benzene rings is 2. The molecule has 1 aliphatic heterocycles. The fourth-order valence-electron chi connectivity index (χ4n) is 3.29. The zero-order valence-electron chi connectivity index (χ0n) is 13.7. The van der Waals surface area contributed by atoms with Gasteiger partial charge in [0.15, 0.2) is 0 Å². The van der Waals surface area contributed by atoms with Crippen molar-refractivity contribution in [1.29, 1.82) is 0 Å². The Balaban J connectivity index is 1.50. The molecule has 122 valence electrons. The predicted octanol–water partition coefficient (Wildman–Crippen LogP) is 3.85. The summed E-state index contributed by atoms with van der Waals surface area (Å²) in [4.78, 5) is 12.6. The average Bonchev–Trinajstić information content (AvgIpc) is 3.03. The molecule has 0 radical (unpaired) electrons. The number of carbonyl (C=O) groups is 1. The number of aryl methyl sites for hydroxylation is 1. The number of carbonyl (C=O) groups excluding carboxylic acids is 1. The van der Waals surface area contributed by atoms with E-state index in [0.717, 1.165) is 35.4 Å². The topological polar surface area (TPSA) is 43.3 Å². The fraction of sp³-hybridized carbons (Fsp3) is 0.250. The summed E-state index contributed by atoms with van der Waals surface area (Å²) >= 11 is 0. The Labute approximate surface area is 141 Å². The molecule has 4 nitrogen and oxygen atoms in total. The van der Waals surface area contributed by atoms with E-state index in [1.165, 1.54) is 5.52 Å². The van der Waals surface area contributed by atoms with Crippen molar-refractivity contribution in [1.82, 2.24) is 4.57 Å². The van der Waals surface area contributed by atoms with Crippen molar-refractivity contribution in [2.24, 2.45) is 5.92 Å². The highest BCUT2D eigenvalue weighted by molar-refractivity contribution is 5.95. The smallest absolute Gasteiger partial charge is 0.231 e. The molecule has 3 aromatic rings. The van der Waals surface area contributed by atoms with Crippen LogP contribution in [0.4, 0.5) is 5.69 Å². The molecule has 1 amide bonds. The minimum Gasteiger partial charge on any atom is -0.492 e. The molecule has 4 rings (SSSR count). The molecule has 24 heavy (non-hydrogen) atoms. The van der Waals surface area contributed by atoms with E-state index in [2.05, 4.69) is 35.1 Å². The van der Waals surface area contributed by atoms with Gasteiger partial charge in [-0.25, -0.2) is 0 Å². The van der Waals surface area contributed by atoms with Crippen LogP contribution in [0.1, 0.15) is 12.5 Å². The predicted molar refractivity (Wildman–Crippen MR) is 95.4 cm³/mol. The number of para-hydroxylation sites is 1. The van der Waals surface area contributed by atoms with Crippen molar-refractivity contribution in [3.05, 3.63) is 60.3 Å². The van der Waals surface area contributed by atoms with Crippen molar-refractivity contribution in [2.45, 2.75) is 19.9 Å². The van der Waals surface area contributed by atoms with Crippen LogP contribution in [0.15, 0.2) is 54.7 Å². The maximum atomic E-state index is 12.6. The summed E-state index contributed by atoms with van der Waals surface area (Å²) < 4.78 is 7.91. The van der Waals surface area contributed by atoms with Crippen LogP contribution in [0.2, 0.25) is 0 Å². The lowest BCUT2D eigenvalue weighted by atomic mass is 9.96. The molecule has 0 spiro atoms. The third-order valence-electron chi connectivity index (χ3n) is 4.63.